The molecule has 0 fully saturated rings. The summed E-state index contributed by atoms with van der Waals surface area (Å²) in [5.41, 5.74) is 4.05. The van der Waals surface area contributed by atoms with Crippen molar-refractivity contribution < 1.29 is 4.39 Å². The highest BCUT2D eigenvalue weighted by molar-refractivity contribution is 9.10. The molecule has 0 saturated carbocycles. The standard InChI is InChI=1S/C14H12BrCl2FN2/c15-10-5-4-8(6-12(10)17)13(20-19)7-9-2-1-3-11(16)14(9)18/h1-6,13,20H,7,19H2. The van der Waals surface area contributed by atoms with E-state index in [9.17, 15) is 4.39 Å². The lowest BCUT2D eigenvalue weighted by atomic mass is 9.99. The molecular weight excluding hydrogens is 366 g/mol. The van der Waals surface area contributed by atoms with Crippen molar-refractivity contribution in [3.05, 3.63) is 67.9 Å². The van der Waals surface area contributed by atoms with Crippen LogP contribution in [0.3, 0.4) is 0 Å². The van der Waals surface area contributed by atoms with E-state index in [1.165, 1.54) is 6.07 Å². The predicted octanol–water partition coefficient (Wildman–Crippen LogP) is 4.64. The second-order valence-electron chi connectivity index (χ2n) is 4.31. The van der Waals surface area contributed by atoms with Gasteiger partial charge < -0.3 is 0 Å². The smallest absolute Gasteiger partial charge is 0.145 e. The number of hydrazine groups is 1. The highest BCUT2D eigenvalue weighted by Crippen LogP contribution is 2.28. The molecule has 0 radical (unpaired) electrons. The number of hydrogen-bond acceptors (Lipinski definition) is 2. The minimum Gasteiger partial charge on any atom is -0.271 e. The molecule has 1 unspecified atom stereocenters. The van der Waals surface area contributed by atoms with E-state index in [-0.39, 0.29) is 11.1 Å². The molecule has 20 heavy (non-hydrogen) atoms. The van der Waals surface area contributed by atoms with Crippen LogP contribution >= 0.6 is 39.1 Å². The fourth-order valence-electron chi connectivity index (χ4n) is 1.93. The normalized spacial score (nSPS) is 12.4. The Labute approximate surface area is 135 Å². The number of benzene rings is 2. The van der Waals surface area contributed by atoms with Crippen molar-refractivity contribution in [3.63, 3.8) is 0 Å². The van der Waals surface area contributed by atoms with Gasteiger partial charge in [0.2, 0.25) is 0 Å². The molecule has 3 N–H and O–H groups in total. The Hall–Kier alpha value is -0.650. The van der Waals surface area contributed by atoms with Crippen molar-refractivity contribution in [2.45, 2.75) is 12.5 Å². The van der Waals surface area contributed by atoms with Crippen LogP contribution in [0.4, 0.5) is 4.39 Å². The number of hydrogen-bond donors (Lipinski definition) is 2. The highest BCUT2D eigenvalue weighted by Gasteiger charge is 2.15. The van der Waals surface area contributed by atoms with Gasteiger partial charge in [0.15, 0.2) is 0 Å². The van der Waals surface area contributed by atoms with Crippen LogP contribution in [-0.4, -0.2) is 0 Å². The lowest BCUT2D eigenvalue weighted by molar-refractivity contribution is 0.529. The monoisotopic (exact) mass is 376 g/mol. The zero-order chi connectivity index (χ0) is 14.7. The molecular formula is C14H12BrCl2FN2. The van der Waals surface area contributed by atoms with E-state index in [4.69, 9.17) is 29.0 Å². The van der Waals surface area contributed by atoms with Crippen LogP contribution < -0.4 is 11.3 Å². The lowest BCUT2D eigenvalue weighted by Crippen LogP contribution is -2.29. The summed E-state index contributed by atoms with van der Waals surface area (Å²) in [7, 11) is 0. The molecule has 0 heterocycles. The van der Waals surface area contributed by atoms with Gasteiger partial charge in [0.05, 0.1) is 16.1 Å². The van der Waals surface area contributed by atoms with Crippen molar-refractivity contribution >= 4 is 39.1 Å². The molecule has 0 spiro atoms. The summed E-state index contributed by atoms with van der Waals surface area (Å²) in [6, 6.07) is 10.2. The Balaban J connectivity index is 2.28. The average molecular weight is 378 g/mol. The van der Waals surface area contributed by atoms with Crippen LogP contribution in [0.1, 0.15) is 17.2 Å². The van der Waals surface area contributed by atoms with Crippen LogP contribution in [0.2, 0.25) is 10.0 Å². The molecule has 0 aliphatic rings. The third-order valence-corrected chi connectivity index (χ3v) is 4.53. The Morgan fingerprint density at radius 1 is 1.20 bits per heavy atom. The first-order chi connectivity index (χ1) is 9.52. The van der Waals surface area contributed by atoms with Gasteiger partial charge in [0.25, 0.3) is 0 Å². The lowest BCUT2D eigenvalue weighted by Gasteiger charge is -2.17. The zero-order valence-electron chi connectivity index (χ0n) is 10.3. The summed E-state index contributed by atoms with van der Waals surface area (Å²) >= 11 is 15.2. The van der Waals surface area contributed by atoms with Crippen LogP contribution in [0.25, 0.3) is 0 Å². The fourth-order valence-corrected chi connectivity index (χ4v) is 2.56. The van der Waals surface area contributed by atoms with Crippen LogP contribution in [0.5, 0.6) is 0 Å². The molecule has 106 valence electrons. The zero-order valence-corrected chi connectivity index (χ0v) is 13.4. The van der Waals surface area contributed by atoms with Gasteiger partial charge in [-0.3, -0.25) is 11.3 Å². The minimum atomic E-state index is -0.419. The van der Waals surface area contributed by atoms with Crippen molar-refractivity contribution in [2.24, 2.45) is 5.84 Å². The summed E-state index contributed by atoms with van der Waals surface area (Å²) in [6.45, 7) is 0. The van der Waals surface area contributed by atoms with Gasteiger partial charge in [-0.1, -0.05) is 41.4 Å². The van der Waals surface area contributed by atoms with Gasteiger partial charge in [-0.2, -0.15) is 0 Å². The quantitative estimate of drug-likeness (QED) is 0.601. The maximum atomic E-state index is 13.9. The molecule has 0 bridgehead atoms. The Morgan fingerprint density at radius 2 is 1.95 bits per heavy atom. The third-order valence-electron chi connectivity index (χ3n) is 3.00. The molecule has 1 atom stereocenters. The van der Waals surface area contributed by atoms with E-state index in [1.807, 2.05) is 12.1 Å². The summed E-state index contributed by atoms with van der Waals surface area (Å²) in [6.07, 6.45) is 0.376. The Morgan fingerprint density at radius 3 is 2.60 bits per heavy atom. The maximum Gasteiger partial charge on any atom is 0.145 e. The number of rotatable bonds is 4. The number of halogens is 4. The van der Waals surface area contributed by atoms with E-state index in [2.05, 4.69) is 21.4 Å². The Bertz CT molecular complexity index is 622. The first kappa shape index (κ1) is 15.7. The fraction of sp³-hybridized carbons (Fsp3) is 0.143. The molecule has 0 aliphatic carbocycles. The predicted molar refractivity (Wildman–Crippen MR) is 84.3 cm³/mol. The minimum absolute atomic E-state index is 0.104. The van der Waals surface area contributed by atoms with Gasteiger partial charge in [0.1, 0.15) is 5.82 Å². The van der Waals surface area contributed by atoms with E-state index in [0.717, 1.165) is 10.0 Å². The van der Waals surface area contributed by atoms with Gasteiger partial charge in [-0.25, -0.2) is 4.39 Å². The summed E-state index contributed by atoms with van der Waals surface area (Å²) in [4.78, 5) is 0. The molecule has 2 rings (SSSR count). The molecule has 0 aromatic heterocycles. The molecule has 0 saturated heterocycles. The average Bonchev–Trinajstić information content (AvgIpc) is 2.44. The molecule has 0 amide bonds. The molecule has 2 aromatic carbocycles. The van der Waals surface area contributed by atoms with E-state index >= 15 is 0 Å². The van der Waals surface area contributed by atoms with Gasteiger partial charge in [-0.05, 0) is 51.7 Å². The van der Waals surface area contributed by atoms with E-state index in [1.54, 1.807) is 18.2 Å². The third kappa shape index (κ3) is 3.51. The van der Waals surface area contributed by atoms with E-state index in [0.29, 0.717) is 17.0 Å². The molecule has 2 aromatic rings. The van der Waals surface area contributed by atoms with Crippen molar-refractivity contribution in [2.75, 3.05) is 0 Å². The van der Waals surface area contributed by atoms with Crippen LogP contribution in [0, 0.1) is 5.82 Å². The molecule has 6 heteroatoms. The van der Waals surface area contributed by atoms with Crippen LogP contribution in [0.15, 0.2) is 40.9 Å². The van der Waals surface area contributed by atoms with Gasteiger partial charge in [-0.15, -0.1) is 0 Å². The molecule has 2 nitrogen and oxygen atoms in total. The van der Waals surface area contributed by atoms with Gasteiger partial charge >= 0.3 is 0 Å². The highest BCUT2D eigenvalue weighted by atomic mass is 79.9. The first-order valence-corrected chi connectivity index (χ1v) is 7.41. The Kier molecular flexibility index (Phi) is 5.41. The van der Waals surface area contributed by atoms with Crippen LogP contribution in [-0.2, 0) is 6.42 Å². The summed E-state index contributed by atoms with van der Waals surface area (Å²) < 4.78 is 14.7. The summed E-state index contributed by atoms with van der Waals surface area (Å²) in [5, 5.41) is 0.682. The second kappa shape index (κ2) is 6.87. The SMILES string of the molecule is NNC(Cc1cccc(Cl)c1F)c1ccc(Br)c(Cl)c1. The van der Waals surface area contributed by atoms with Crippen molar-refractivity contribution in [3.8, 4) is 0 Å². The first-order valence-electron chi connectivity index (χ1n) is 5.87. The number of nitrogens with one attached hydrogen (secondary N) is 1. The summed E-state index contributed by atoms with van der Waals surface area (Å²) in [5.74, 6) is 5.15. The van der Waals surface area contributed by atoms with Gasteiger partial charge in [0, 0.05) is 4.47 Å². The largest absolute Gasteiger partial charge is 0.271 e. The number of nitrogens with two attached hydrogens (primary N) is 1. The maximum absolute atomic E-state index is 13.9. The van der Waals surface area contributed by atoms with E-state index < -0.39 is 5.82 Å². The van der Waals surface area contributed by atoms with Crippen molar-refractivity contribution in [1.82, 2.24) is 5.43 Å². The topological polar surface area (TPSA) is 38.0 Å². The second-order valence-corrected chi connectivity index (χ2v) is 5.98. The van der Waals surface area contributed by atoms with Crippen molar-refractivity contribution in [1.29, 1.82) is 0 Å². The molecule has 0 aliphatic heterocycles.